The topological polar surface area (TPSA) is 29.5 Å². The molecule has 0 unspecified atom stereocenters. The number of amides is 1. The zero-order valence-electron chi connectivity index (χ0n) is 6.64. The van der Waals surface area contributed by atoms with Gasteiger partial charge in [-0.2, -0.15) is 0 Å². The molecule has 0 saturated heterocycles. The number of hydrogen-bond acceptors (Lipinski definition) is 2. The fourth-order valence-corrected chi connectivity index (χ4v) is 0.457. The average Bonchev–Trinajstić information content (AvgIpc) is 1.83. The highest BCUT2D eigenvalue weighted by atomic mass is 19.1. The first-order chi connectivity index (χ1) is 4.39. The van der Waals surface area contributed by atoms with Crippen molar-refractivity contribution in [3.8, 4) is 0 Å². The minimum absolute atomic E-state index is 0.685. The molecule has 0 aromatic heterocycles. The highest BCUT2D eigenvalue weighted by Crippen LogP contribution is 2.11. The zero-order chi connectivity index (χ0) is 8.36. The first-order valence-electron chi connectivity index (χ1n) is 2.90. The second kappa shape index (κ2) is 2.96. The Morgan fingerprint density at radius 1 is 1.60 bits per heavy atom. The summed E-state index contributed by atoms with van der Waals surface area (Å²) in [4.78, 5) is 15.3. The second-order valence-electron chi connectivity index (χ2n) is 2.46. The van der Waals surface area contributed by atoms with Gasteiger partial charge in [0, 0.05) is 7.05 Å². The van der Waals surface area contributed by atoms with Gasteiger partial charge in [-0.1, -0.05) is 0 Å². The third kappa shape index (κ3) is 2.31. The molecule has 0 fully saturated rings. The third-order valence-electron chi connectivity index (χ3n) is 1.07. The van der Waals surface area contributed by atoms with Crippen molar-refractivity contribution in [2.45, 2.75) is 19.5 Å². The molecule has 10 heavy (non-hydrogen) atoms. The Labute approximate surface area is 59.7 Å². The highest BCUT2D eigenvalue weighted by Gasteiger charge is 2.29. The maximum Gasteiger partial charge on any atom is 0.282 e. The number of hydroxylamine groups is 2. The van der Waals surface area contributed by atoms with E-state index in [4.69, 9.17) is 0 Å². The summed E-state index contributed by atoms with van der Waals surface area (Å²) in [5.74, 6) is -0.685. The Hall–Kier alpha value is -0.640. The Kier molecular flexibility index (Phi) is 2.77. The van der Waals surface area contributed by atoms with Crippen LogP contribution >= 0.6 is 0 Å². The molecule has 0 rings (SSSR count). The lowest BCUT2D eigenvalue weighted by Gasteiger charge is -2.20. The SMILES string of the molecule is CON(C)C(=O)C(C)(C)F. The Morgan fingerprint density at radius 2 is 2.00 bits per heavy atom. The summed E-state index contributed by atoms with van der Waals surface area (Å²) in [5.41, 5.74) is -1.86. The van der Waals surface area contributed by atoms with E-state index in [0.29, 0.717) is 0 Å². The first kappa shape index (κ1) is 9.36. The fourth-order valence-electron chi connectivity index (χ4n) is 0.457. The Morgan fingerprint density at radius 3 is 2.10 bits per heavy atom. The predicted octanol–water partition coefficient (Wildman–Crippen LogP) is 0.754. The molecule has 0 atom stereocenters. The van der Waals surface area contributed by atoms with E-state index in [1.54, 1.807) is 0 Å². The summed E-state index contributed by atoms with van der Waals surface area (Å²) in [6.07, 6.45) is 0. The van der Waals surface area contributed by atoms with E-state index in [1.165, 1.54) is 28.0 Å². The van der Waals surface area contributed by atoms with Crippen molar-refractivity contribution >= 4 is 5.91 Å². The van der Waals surface area contributed by atoms with E-state index >= 15 is 0 Å². The van der Waals surface area contributed by atoms with Crippen molar-refractivity contribution < 1.29 is 14.0 Å². The number of carbonyl (C=O) groups excluding carboxylic acids is 1. The van der Waals surface area contributed by atoms with Crippen LogP contribution in [0.5, 0.6) is 0 Å². The summed E-state index contributed by atoms with van der Waals surface area (Å²) in [6, 6.07) is 0. The van der Waals surface area contributed by atoms with Gasteiger partial charge in [0.05, 0.1) is 7.11 Å². The molecule has 0 heterocycles. The van der Waals surface area contributed by atoms with E-state index in [9.17, 15) is 9.18 Å². The average molecular weight is 149 g/mol. The molecular weight excluding hydrogens is 137 g/mol. The van der Waals surface area contributed by atoms with Crippen molar-refractivity contribution in [2.24, 2.45) is 0 Å². The lowest BCUT2D eigenvalue weighted by atomic mass is 10.1. The van der Waals surface area contributed by atoms with E-state index in [-0.39, 0.29) is 0 Å². The minimum atomic E-state index is -1.86. The predicted molar refractivity (Wildman–Crippen MR) is 35.0 cm³/mol. The third-order valence-corrected chi connectivity index (χ3v) is 1.07. The highest BCUT2D eigenvalue weighted by molar-refractivity contribution is 5.82. The maximum atomic E-state index is 12.7. The van der Waals surface area contributed by atoms with Gasteiger partial charge < -0.3 is 0 Å². The van der Waals surface area contributed by atoms with Crippen molar-refractivity contribution in [2.75, 3.05) is 14.2 Å². The number of alkyl halides is 1. The molecule has 1 amide bonds. The van der Waals surface area contributed by atoms with Crippen LogP contribution in [-0.4, -0.2) is 30.8 Å². The molecule has 0 radical (unpaired) electrons. The van der Waals surface area contributed by atoms with Crippen molar-refractivity contribution in [3.05, 3.63) is 0 Å². The van der Waals surface area contributed by atoms with Crippen LogP contribution in [0.15, 0.2) is 0 Å². The quantitative estimate of drug-likeness (QED) is 0.542. The number of hydrogen-bond donors (Lipinski definition) is 0. The summed E-state index contributed by atoms with van der Waals surface area (Å²) in [6.45, 7) is 2.37. The monoisotopic (exact) mass is 149 g/mol. The molecule has 0 N–H and O–H groups in total. The van der Waals surface area contributed by atoms with E-state index in [0.717, 1.165) is 5.06 Å². The molecule has 60 valence electrons. The molecule has 3 nitrogen and oxygen atoms in total. The molecule has 0 aromatic carbocycles. The zero-order valence-corrected chi connectivity index (χ0v) is 6.64. The number of carbonyl (C=O) groups is 1. The Bertz CT molecular complexity index is 130. The molecule has 0 aliphatic heterocycles. The van der Waals surface area contributed by atoms with Gasteiger partial charge in [-0.25, -0.2) is 9.45 Å². The van der Waals surface area contributed by atoms with Gasteiger partial charge in [0.2, 0.25) is 0 Å². The van der Waals surface area contributed by atoms with Crippen LogP contribution in [0.3, 0.4) is 0 Å². The minimum Gasteiger partial charge on any atom is -0.274 e. The van der Waals surface area contributed by atoms with Gasteiger partial charge in [0.15, 0.2) is 5.67 Å². The van der Waals surface area contributed by atoms with Gasteiger partial charge in [0.1, 0.15) is 0 Å². The number of halogens is 1. The summed E-state index contributed by atoms with van der Waals surface area (Å²) < 4.78 is 12.7. The summed E-state index contributed by atoms with van der Waals surface area (Å²) in [5, 5.41) is 0.861. The van der Waals surface area contributed by atoms with E-state index in [2.05, 4.69) is 4.84 Å². The lowest BCUT2D eigenvalue weighted by molar-refractivity contribution is -0.179. The van der Waals surface area contributed by atoms with Crippen LogP contribution in [0.2, 0.25) is 0 Å². The Balaban J connectivity index is 4.09. The fraction of sp³-hybridized carbons (Fsp3) is 0.833. The van der Waals surface area contributed by atoms with Crippen LogP contribution < -0.4 is 0 Å². The van der Waals surface area contributed by atoms with Crippen LogP contribution in [0.1, 0.15) is 13.8 Å². The van der Waals surface area contributed by atoms with Crippen molar-refractivity contribution in [3.63, 3.8) is 0 Å². The molecular formula is C6H12FNO2. The van der Waals surface area contributed by atoms with Crippen LogP contribution in [0.25, 0.3) is 0 Å². The van der Waals surface area contributed by atoms with Gasteiger partial charge in [-0.15, -0.1) is 0 Å². The lowest BCUT2D eigenvalue weighted by Crippen LogP contribution is -2.39. The van der Waals surface area contributed by atoms with Crippen LogP contribution in [0.4, 0.5) is 4.39 Å². The van der Waals surface area contributed by atoms with E-state index < -0.39 is 11.6 Å². The van der Waals surface area contributed by atoms with Gasteiger partial charge in [0.25, 0.3) is 5.91 Å². The van der Waals surface area contributed by atoms with Crippen LogP contribution in [0, 0.1) is 0 Å². The van der Waals surface area contributed by atoms with Crippen molar-refractivity contribution in [1.29, 1.82) is 0 Å². The maximum absolute atomic E-state index is 12.7. The van der Waals surface area contributed by atoms with Crippen molar-refractivity contribution in [1.82, 2.24) is 5.06 Å². The van der Waals surface area contributed by atoms with Gasteiger partial charge >= 0.3 is 0 Å². The summed E-state index contributed by atoms with van der Waals surface area (Å²) in [7, 11) is 2.67. The van der Waals surface area contributed by atoms with Gasteiger partial charge in [-0.05, 0) is 13.8 Å². The molecule has 0 aromatic rings. The molecule has 4 heteroatoms. The molecule has 0 aliphatic carbocycles. The number of nitrogens with zero attached hydrogens (tertiary/aromatic N) is 1. The van der Waals surface area contributed by atoms with Gasteiger partial charge in [-0.3, -0.25) is 9.63 Å². The number of rotatable bonds is 2. The standard InChI is InChI=1S/C6H12FNO2/c1-6(2,7)5(9)8(3)10-4/h1-4H3. The summed E-state index contributed by atoms with van der Waals surface area (Å²) >= 11 is 0. The second-order valence-corrected chi connectivity index (χ2v) is 2.46. The van der Waals surface area contributed by atoms with E-state index in [1.807, 2.05) is 0 Å². The molecule has 0 saturated carbocycles. The molecule has 0 bridgehead atoms. The largest absolute Gasteiger partial charge is 0.282 e. The molecule has 0 spiro atoms. The molecule has 0 aliphatic rings. The smallest absolute Gasteiger partial charge is 0.274 e. The first-order valence-corrected chi connectivity index (χ1v) is 2.90. The van der Waals surface area contributed by atoms with Crippen LogP contribution in [-0.2, 0) is 9.63 Å². The normalized spacial score (nSPS) is 11.3.